The molecule has 1 rings (SSSR count). The standard InChI is InChI=1S/C20H29F2NO4/c1-3-4-9-15(2)17(24)12-11-16-14-20(21,22)19(27)23(16)13-8-6-5-7-10-18(25)26/h11-12,15-17,24H,5-10,13-14H2,1-2H3,(H,25,26)/b12-11+/t15-,16+,17-/m1/s1. The molecule has 0 aromatic rings. The SMILES string of the molecule is CC#CC[C@@H](C)[C@H](O)/C=C/[C@H]1CC(F)(F)C(=O)N1CCCCCCC(=O)O. The minimum atomic E-state index is -3.39. The Kier molecular flexibility index (Phi) is 9.44. The van der Waals surface area contributed by atoms with Crippen molar-refractivity contribution >= 4 is 11.9 Å². The van der Waals surface area contributed by atoms with Crippen LogP contribution in [0.4, 0.5) is 8.78 Å². The quantitative estimate of drug-likeness (QED) is 0.325. The summed E-state index contributed by atoms with van der Waals surface area (Å²) in [6, 6.07) is -0.745. The van der Waals surface area contributed by atoms with Crippen molar-refractivity contribution in [2.45, 2.75) is 76.9 Å². The van der Waals surface area contributed by atoms with Crippen LogP contribution in [0.5, 0.6) is 0 Å². The lowest BCUT2D eigenvalue weighted by Gasteiger charge is -2.22. The highest BCUT2D eigenvalue weighted by atomic mass is 19.3. The predicted octanol–water partition coefficient (Wildman–Crippen LogP) is 3.22. The van der Waals surface area contributed by atoms with E-state index in [9.17, 15) is 23.5 Å². The number of carbonyl (C=O) groups is 2. The number of aliphatic carboxylic acids is 1. The Hall–Kier alpha value is -1.94. The molecule has 1 aliphatic rings. The first-order valence-electron chi connectivity index (χ1n) is 9.35. The van der Waals surface area contributed by atoms with Crippen LogP contribution in [0.1, 0.15) is 58.8 Å². The summed E-state index contributed by atoms with van der Waals surface area (Å²) in [6.45, 7) is 3.73. The van der Waals surface area contributed by atoms with E-state index in [4.69, 9.17) is 5.11 Å². The second-order valence-electron chi connectivity index (χ2n) is 7.02. The van der Waals surface area contributed by atoms with Gasteiger partial charge >= 0.3 is 11.9 Å². The summed E-state index contributed by atoms with van der Waals surface area (Å²) in [4.78, 5) is 23.6. The van der Waals surface area contributed by atoms with Gasteiger partial charge in [-0.25, -0.2) is 0 Å². The molecule has 152 valence electrons. The van der Waals surface area contributed by atoms with Crippen LogP contribution >= 0.6 is 0 Å². The molecule has 1 heterocycles. The number of hydrogen-bond donors (Lipinski definition) is 2. The van der Waals surface area contributed by atoms with Gasteiger partial charge in [0.25, 0.3) is 5.91 Å². The van der Waals surface area contributed by atoms with Crippen molar-refractivity contribution in [3.8, 4) is 11.8 Å². The molecule has 0 bridgehead atoms. The maximum absolute atomic E-state index is 13.8. The molecule has 0 aromatic carbocycles. The van der Waals surface area contributed by atoms with Gasteiger partial charge in [0, 0.05) is 25.8 Å². The van der Waals surface area contributed by atoms with E-state index < -0.39 is 36.4 Å². The van der Waals surface area contributed by atoms with Gasteiger partial charge in [0.05, 0.1) is 12.1 Å². The minimum Gasteiger partial charge on any atom is -0.481 e. The summed E-state index contributed by atoms with van der Waals surface area (Å²) in [6.07, 6.45) is 4.58. The summed E-state index contributed by atoms with van der Waals surface area (Å²) < 4.78 is 27.7. The maximum Gasteiger partial charge on any atom is 0.327 e. The summed E-state index contributed by atoms with van der Waals surface area (Å²) in [5.41, 5.74) is 0. The van der Waals surface area contributed by atoms with Crippen LogP contribution in [-0.4, -0.2) is 51.6 Å². The van der Waals surface area contributed by atoms with Gasteiger partial charge in [0.15, 0.2) is 0 Å². The molecule has 1 aliphatic heterocycles. The molecule has 27 heavy (non-hydrogen) atoms. The number of carboxylic acids is 1. The Balaban J connectivity index is 2.59. The average Bonchev–Trinajstić information content (AvgIpc) is 2.82. The summed E-state index contributed by atoms with van der Waals surface area (Å²) in [7, 11) is 0. The molecule has 0 unspecified atom stereocenters. The first-order chi connectivity index (χ1) is 12.7. The smallest absolute Gasteiger partial charge is 0.327 e. The Morgan fingerprint density at radius 1 is 1.37 bits per heavy atom. The molecule has 1 fully saturated rings. The van der Waals surface area contributed by atoms with Gasteiger partial charge in [0.2, 0.25) is 0 Å². The highest BCUT2D eigenvalue weighted by Gasteiger charge is 2.52. The number of aliphatic hydroxyl groups is 1. The van der Waals surface area contributed by atoms with E-state index in [1.165, 1.54) is 12.2 Å². The predicted molar refractivity (Wildman–Crippen MR) is 98.2 cm³/mol. The van der Waals surface area contributed by atoms with Gasteiger partial charge < -0.3 is 15.1 Å². The second-order valence-corrected chi connectivity index (χ2v) is 7.02. The van der Waals surface area contributed by atoms with Crippen LogP contribution in [0.25, 0.3) is 0 Å². The fourth-order valence-corrected chi connectivity index (χ4v) is 2.99. The Labute approximate surface area is 159 Å². The van der Waals surface area contributed by atoms with Crippen molar-refractivity contribution in [3.63, 3.8) is 0 Å². The fourth-order valence-electron chi connectivity index (χ4n) is 2.99. The third kappa shape index (κ3) is 7.67. The molecule has 0 spiro atoms. The number of carbonyl (C=O) groups excluding carboxylic acids is 1. The van der Waals surface area contributed by atoms with Crippen molar-refractivity contribution in [1.82, 2.24) is 4.90 Å². The average molecular weight is 385 g/mol. The lowest BCUT2D eigenvalue weighted by Crippen LogP contribution is -2.36. The normalized spacial score (nSPS) is 21.1. The van der Waals surface area contributed by atoms with Crippen LogP contribution in [0.15, 0.2) is 12.2 Å². The third-order valence-corrected chi connectivity index (χ3v) is 4.69. The fraction of sp³-hybridized carbons (Fsp3) is 0.700. The number of likely N-dealkylation sites (tertiary alicyclic amines) is 1. The van der Waals surface area contributed by atoms with Crippen molar-refractivity contribution in [1.29, 1.82) is 0 Å². The molecule has 3 atom stereocenters. The van der Waals surface area contributed by atoms with E-state index in [1.54, 1.807) is 6.92 Å². The number of amides is 1. The van der Waals surface area contributed by atoms with Crippen LogP contribution in [0.3, 0.4) is 0 Å². The van der Waals surface area contributed by atoms with Gasteiger partial charge in [-0.15, -0.1) is 11.8 Å². The summed E-state index contributed by atoms with van der Waals surface area (Å²) >= 11 is 0. The molecular formula is C20H29F2NO4. The molecular weight excluding hydrogens is 356 g/mol. The topological polar surface area (TPSA) is 77.8 Å². The van der Waals surface area contributed by atoms with Crippen LogP contribution in [0, 0.1) is 17.8 Å². The zero-order valence-electron chi connectivity index (χ0n) is 16.0. The maximum atomic E-state index is 13.8. The number of alkyl halides is 2. The number of carboxylic acid groups (broad SMARTS) is 1. The lowest BCUT2D eigenvalue weighted by molar-refractivity contribution is -0.148. The molecule has 0 saturated carbocycles. The third-order valence-electron chi connectivity index (χ3n) is 4.69. The largest absolute Gasteiger partial charge is 0.481 e. The van der Waals surface area contributed by atoms with Crippen molar-refractivity contribution < 1.29 is 28.6 Å². The molecule has 2 N–H and O–H groups in total. The molecule has 5 nitrogen and oxygen atoms in total. The lowest BCUT2D eigenvalue weighted by atomic mass is 10.00. The minimum absolute atomic E-state index is 0.0879. The van der Waals surface area contributed by atoms with Gasteiger partial charge in [0.1, 0.15) is 0 Å². The monoisotopic (exact) mass is 385 g/mol. The summed E-state index contributed by atoms with van der Waals surface area (Å²) in [5, 5.41) is 18.7. The number of nitrogens with zero attached hydrogens (tertiary/aromatic N) is 1. The van der Waals surface area contributed by atoms with Gasteiger partial charge in [-0.3, -0.25) is 9.59 Å². The van der Waals surface area contributed by atoms with E-state index in [1.807, 2.05) is 6.92 Å². The Morgan fingerprint density at radius 3 is 2.67 bits per heavy atom. The number of hydrogen-bond acceptors (Lipinski definition) is 3. The van der Waals surface area contributed by atoms with E-state index in [-0.39, 0.29) is 18.9 Å². The number of halogens is 2. The molecule has 0 aromatic heterocycles. The van der Waals surface area contributed by atoms with E-state index in [0.717, 1.165) is 4.90 Å². The van der Waals surface area contributed by atoms with Crippen LogP contribution < -0.4 is 0 Å². The number of unbranched alkanes of at least 4 members (excludes halogenated alkanes) is 3. The highest BCUT2D eigenvalue weighted by molar-refractivity contribution is 5.86. The van der Waals surface area contributed by atoms with Crippen LogP contribution in [-0.2, 0) is 9.59 Å². The van der Waals surface area contributed by atoms with Crippen molar-refractivity contribution in [2.24, 2.45) is 5.92 Å². The van der Waals surface area contributed by atoms with Gasteiger partial charge in [-0.1, -0.05) is 31.9 Å². The highest BCUT2D eigenvalue weighted by Crippen LogP contribution is 2.34. The molecule has 1 saturated heterocycles. The zero-order valence-corrected chi connectivity index (χ0v) is 16.0. The summed E-state index contributed by atoms with van der Waals surface area (Å²) in [5.74, 6) is 0.0706. The number of aliphatic hydroxyl groups excluding tert-OH is 1. The first-order valence-corrected chi connectivity index (χ1v) is 9.35. The first kappa shape index (κ1) is 23.1. The van der Waals surface area contributed by atoms with E-state index in [2.05, 4.69) is 11.8 Å². The number of rotatable bonds is 11. The van der Waals surface area contributed by atoms with Crippen LogP contribution in [0.2, 0.25) is 0 Å². The van der Waals surface area contributed by atoms with E-state index >= 15 is 0 Å². The second kappa shape index (κ2) is 11.0. The van der Waals surface area contributed by atoms with E-state index in [0.29, 0.717) is 32.1 Å². The molecule has 7 heteroatoms. The zero-order chi connectivity index (χ0) is 20.4. The van der Waals surface area contributed by atoms with Gasteiger partial charge in [-0.05, 0) is 25.7 Å². The Bertz CT molecular complexity index is 595. The molecule has 1 amide bonds. The van der Waals surface area contributed by atoms with Crippen molar-refractivity contribution in [2.75, 3.05) is 6.54 Å². The van der Waals surface area contributed by atoms with Crippen molar-refractivity contribution in [3.05, 3.63) is 12.2 Å². The molecule has 0 aliphatic carbocycles. The Morgan fingerprint density at radius 2 is 2.04 bits per heavy atom. The van der Waals surface area contributed by atoms with Gasteiger partial charge in [-0.2, -0.15) is 8.78 Å². The molecule has 0 radical (unpaired) electrons.